The topological polar surface area (TPSA) is 105 Å². The highest BCUT2D eigenvalue weighted by atomic mass is 32.2. The molecule has 2 rings (SSSR count). The number of sulfonamides is 1. The van der Waals surface area contributed by atoms with Crippen molar-refractivity contribution < 1.29 is 23.1 Å². The van der Waals surface area contributed by atoms with Crippen molar-refractivity contribution in [2.75, 3.05) is 20.3 Å². The highest BCUT2D eigenvalue weighted by molar-refractivity contribution is 7.89. The Morgan fingerprint density at radius 2 is 2.00 bits per heavy atom. The molecule has 1 aliphatic rings. The molecule has 0 aliphatic heterocycles. The van der Waals surface area contributed by atoms with Crippen molar-refractivity contribution in [3.05, 3.63) is 23.8 Å². The van der Waals surface area contributed by atoms with E-state index in [4.69, 9.17) is 9.84 Å². The van der Waals surface area contributed by atoms with Crippen LogP contribution in [0, 0.1) is 0 Å². The highest BCUT2D eigenvalue weighted by Crippen LogP contribution is 2.27. The SMILES string of the molecule is COc1ccc(C(=O)NCCCO)cc1S(=O)(=O)NC1CCCCC1. The fourth-order valence-electron chi connectivity index (χ4n) is 2.91. The van der Waals surface area contributed by atoms with Gasteiger partial charge >= 0.3 is 0 Å². The summed E-state index contributed by atoms with van der Waals surface area (Å²) in [6.07, 6.45) is 5.24. The zero-order valence-corrected chi connectivity index (χ0v) is 15.3. The summed E-state index contributed by atoms with van der Waals surface area (Å²) in [4.78, 5) is 12.1. The molecule has 1 saturated carbocycles. The molecule has 0 spiro atoms. The second kappa shape index (κ2) is 9.17. The number of nitrogens with one attached hydrogen (secondary N) is 2. The summed E-state index contributed by atoms with van der Waals surface area (Å²) in [5, 5.41) is 11.4. The third kappa shape index (κ3) is 5.42. The fourth-order valence-corrected chi connectivity index (χ4v) is 4.41. The molecule has 140 valence electrons. The highest BCUT2D eigenvalue weighted by Gasteiger charge is 2.25. The van der Waals surface area contributed by atoms with E-state index in [0.29, 0.717) is 13.0 Å². The van der Waals surface area contributed by atoms with E-state index in [-0.39, 0.29) is 34.8 Å². The van der Waals surface area contributed by atoms with Crippen LogP contribution in [0.3, 0.4) is 0 Å². The number of ether oxygens (including phenoxy) is 1. The molecule has 0 saturated heterocycles. The van der Waals surface area contributed by atoms with Crippen LogP contribution in [-0.4, -0.2) is 45.7 Å². The number of amides is 1. The maximum absolute atomic E-state index is 12.8. The van der Waals surface area contributed by atoms with Gasteiger partial charge in [0.05, 0.1) is 7.11 Å². The van der Waals surface area contributed by atoms with E-state index in [9.17, 15) is 13.2 Å². The van der Waals surface area contributed by atoms with Gasteiger partial charge in [-0.05, 0) is 37.5 Å². The van der Waals surface area contributed by atoms with Gasteiger partial charge in [0.1, 0.15) is 10.6 Å². The maximum atomic E-state index is 12.8. The lowest BCUT2D eigenvalue weighted by Crippen LogP contribution is -2.36. The van der Waals surface area contributed by atoms with Gasteiger partial charge in [0.25, 0.3) is 5.91 Å². The summed E-state index contributed by atoms with van der Waals surface area (Å²) in [5.41, 5.74) is 0.239. The Bertz CT molecular complexity index is 684. The van der Waals surface area contributed by atoms with Crippen LogP contribution in [0.4, 0.5) is 0 Å². The van der Waals surface area contributed by atoms with Gasteiger partial charge in [0, 0.05) is 24.8 Å². The number of hydrogen-bond acceptors (Lipinski definition) is 5. The first-order valence-electron chi connectivity index (χ1n) is 8.57. The summed E-state index contributed by atoms with van der Waals surface area (Å²) in [6.45, 7) is 0.303. The average molecular weight is 370 g/mol. The first kappa shape index (κ1) is 19.7. The number of benzene rings is 1. The van der Waals surface area contributed by atoms with Gasteiger partial charge < -0.3 is 15.2 Å². The van der Waals surface area contributed by atoms with E-state index in [0.717, 1.165) is 32.1 Å². The number of methoxy groups -OCH3 is 1. The minimum atomic E-state index is -3.78. The predicted octanol–water partition coefficient (Wildman–Crippen LogP) is 1.42. The molecule has 0 unspecified atom stereocenters. The first-order chi connectivity index (χ1) is 12.0. The normalized spacial score (nSPS) is 15.8. The minimum Gasteiger partial charge on any atom is -0.495 e. The number of hydrogen-bond donors (Lipinski definition) is 3. The van der Waals surface area contributed by atoms with Crippen LogP contribution in [0.2, 0.25) is 0 Å². The molecule has 7 nitrogen and oxygen atoms in total. The lowest BCUT2D eigenvalue weighted by Gasteiger charge is -2.23. The summed E-state index contributed by atoms with van der Waals surface area (Å²) in [7, 11) is -2.38. The van der Waals surface area contributed by atoms with Gasteiger partial charge in [-0.15, -0.1) is 0 Å². The molecule has 1 aromatic rings. The van der Waals surface area contributed by atoms with Gasteiger partial charge in [0.2, 0.25) is 10.0 Å². The van der Waals surface area contributed by atoms with Crippen molar-refractivity contribution in [1.82, 2.24) is 10.0 Å². The molecule has 1 aromatic carbocycles. The minimum absolute atomic E-state index is 0.0200. The Morgan fingerprint density at radius 1 is 1.28 bits per heavy atom. The number of carbonyl (C=O) groups is 1. The van der Waals surface area contributed by atoms with E-state index >= 15 is 0 Å². The molecular formula is C17H26N2O5S. The van der Waals surface area contributed by atoms with E-state index in [1.807, 2.05) is 0 Å². The zero-order valence-electron chi connectivity index (χ0n) is 14.5. The van der Waals surface area contributed by atoms with E-state index in [2.05, 4.69) is 10.0 Å². The molecule has 0 heterocycles. The van der Waals surface area contributed by atoms with Crippen LogP contribution in [0.1, 0.15) is 48.9 Å². The number of aliphatic hydroxyl groups is 1. The molecule has 25 heavy (non-hydrogen) atoms. The van der Waals surface area contributed by atoms with Crippen molar-refractivity contribution in [2.45, 2.75) is 49.5 Å². The molecule has 3 N–H and O–H groups in total. The third-order valence-electron chi connectivity index (χ3n) is 4.26. The van der Waals surface area contributed by atoms with Crippen LogP contribution in [0.25, 0.3) is 0 Å². The van der Waals surface area contributed by atoms with Gasteiger partial charge in [-0.25, -0.2) is 13.1 Å². The second-order valence-corrected chi connectivity index (χ2v) is 7.84. The van der Waals surface area contributed by atoms with Gasteiger partial charge in [-0.3, -0.25) is 4.79 Å². The first-order valence-corrected chi connectivity index (χ1v) is 10.1. The van der Waals surface area contributed by atoms with Crippen molar-refractivity contribution >= 4 is 15.9 Å². The lowest BCUT2D eigenvalue weighted by molar-refractivity contribution is 0.0951. The van der Waals surface area contributed by atoms with Crippen molar-refractivity contribution in [3.8, 4) is 5.75 Å². The fraction of sp³-hybridized carbons (Fsp3) is 0.588. The monoisotopic (exact) mass is 370 g/mol. The predicted molar refractivity (Wildman–Crippen MR) is 94.2 cm³/mol. The smallest absolute Gasteiger partial charge is 0.251 e. The molecule has 0 bridgehead atoms. The Morgan fingerprint density at radius 3 is 2.64 bits per heavy atom. The van der Waals surface area contributed by atoms with E-state index < -0.39 is 10.0 Å². The van der Waals surface area contributed by atoms with Crippen LogP contribution in [-0.2, 0) is 10.0 Å². The molecule has 1 fully saturated rings. The largest absolute Gasteiger partial charge is 0.495 e. The summed E-state index contributed by atoms with van der Waals surface area (Å²) in [5.74, 6) is -0.180. The molecular weight excluding hydrogens is 344 g/mol. The quantitative estimate of drug-likeness (QED) is 0.600. The summed E-state index contributed by atoms with van der Waals surface area (Å²) < 4.78 is 33.4. The average Bonchev–Trinajstić information content (AvgIpc) is 2.61. The summed E-state index contributed by atoms with van der Waals surface area (Å²) in [6, 6.07) is 4.26. The van der Waals surface area contributed by atoms with Crippen molar-refractivity contribution in [1.29, 1.82) is 0 Å². The van der Waals surface area contributed by atoms with Crippen LogP contribution in [0.15, 0.2) is 23.1 Å². The van der Waals surface area contributed by atoms with Gasteiger partial charge in [-0.1, -0.05) is 19.3 Å². The van der Waals surface area contributed by atoms with E-state index in [1.54, 1.807) is 0 Å². The number of aliphatic hydroxyl groups excluding tert-OH is 1. The van der Waals surface area contributed by atoms with Crippen LogP contribution < -0.4 is 14.8 Å². The molecule has 1 aliphatic carbocycles. The van der Waals surface area contributed by atoms with Crippen LogP contribution >= 0.6 is 0 Å². The van der Waals surface area contributed by atoms with Gasteiger partial charge in [0.15, 0.2) is 0 Å². The molecule has 0 radical (unpaired) electrons. The molecule has 0 atom stereocenters. The Labute approximate surface area is 148 Å². The number of rotatable bonds is 8. The molecule has 1 amide bonds. The molecule has 8 heteroatoms. The third-order valence-corrected chi connectivity index (χ3v) is 5.80. The zero-order chi connectivity index (χ0) is 18.3. The Kier molecular flexibility index (Phi) is 7.22. The summed E-state index contributed by atoms with van der Waals surface area (Å²) >= 11 is 0. The molecule has 0 aromatic heterocycles. The second-order valence-electron chi connectivity index (χ2n) is 6.15. The van der Waals surface area contributed by atoms with Crippen molar-refractivity contribution in [3.63, 3.8) is 0 Å². The standard InChI is InChI=1S/C17H26N2O5S/c1-24-15-9-8-13(17(21)18-10-5-11-20)12-16(15)25(22,23)19-14-6-3-2-4-7-14/h8-9,12,14,19-20H,2-7,10-11H2,1H3,(H,18,21). The van der Waals surface area contributed by atoms with Gasteiger partial charge in [-0.2, -0.15) is 0 Å². The van der Waals surface area contributed by atoms with Crippen molar-refractivity contribution in [2.24, 2.45) is 0 Å². The van der Waals surface area contributed by atoms with Crippen LogP contribution in [0.5, 0.6) is 5.75 Å². The maximum Gasteiger partial charge on any atom is 0.251 e. The Balaban J connectivity index is 2.21. The van der Waals surface area contributed by atoms with E-state index in [1.165, 1.54) is 25.3 Å². The Hall–Kier alpha value is -1.64. The number of carbonyl (C=O) groups excluding carboxylic acids is 1. The lowest BCUT2D eigenvalue weighted by atomic mass is 9.96.